The average molecular weight is 345 g/mol. The van der Waals surface area contributed by atoms with Crippen LogP contribution in [0.1, 0.15) is 11.3 Å². The van der Waals surface area contributed by atoms with Crippen LogP contribution in [0.25, 0.3) is 0 Å². The molecule has 0 radical (unpaired) electrons. The van der Waals surface area contributed by atoms with Crippen LogP contribution in [0.4, 0.5) is 11.4 Å². The molecule has 2 rings (SSSR count). The van der Waals surface area contributed by atoms with E-state index in [2.05, 4.69) is 30.8 Å². The summed E-state index contributed by atoms with van der Waals surface area (Å²) in [7, 11) is -3.71. The molecule has 0 atom stereocenters. The van der Waals surface area contributed by atoms with Gasteiger partial charge in [-0.1, -0.05) is 0 Å². The summed E-state index contributed by atoms with van der Waals surface area (Å²) in [6.45, 7) is 3.51. The summed E-state index contributed by atoms with van der Waals surface area (Å²) in [6.07, 6.45) is 1.26. The van der Waals surface area contributed by atoms with Crippen LogP contribution in [0, 0.1) is 13.8 Å². The number of aromatic nitrogens is 2. The van der Waals surface area contributed by atoms with Crippen molar-refractivity contribution >= 4 is 37.3 Å². The van der Waals surface area contributed by atoms with E-state index in [1.165, 1.54) is 6.20 Å². The fourth-order valence-electron chi connectivity index (χ4n) is 1.68. The van der Waals surface area contributed by atoms with Crippen molar-refractivity contribution < 1.29 is 8.42 Å². The minimum Gasteiger partial charge on any atom is -0.397 e. The highest BCUT2D eigenvalue weighted by Gasteiger charge is 2.21. The van der Waals surface area contributed by atoms with Crippen molar-refractivity contribution in [2.75, 3.05) is 10.5 Å². The van der Waals surface area contributed by atoms with Crippen LogP contribution in [0.3, 0.4) is 0 Å². The van der Waals surface area contributed by atoms with E-state index in [0.717, 1.165) is 5.56 Å². The van der Waals surface area contributed by atoms with Gasteiger partial charge in [0, 0.05) is 4.47 Å². The zero-order chi connectivity index (χ0) is 14.2. The Kier molecular flexibility index (Phi) is 3.55. The SMILES string of the molecule is Cc1cc(N)c(NS(=O)(=O)c2cn[nH]c2C)c(Br)c1. The Balaban J connectivity index is 2.45. The lowest BCUT2D eigenvalue weighted by Crippen LogP contribution is -2.15. The molecule has 1 heterocycles. The van der Waals surface area contributed by atoms with E-state index < -0.39 is 10.0 Å². The molecular weight excluding hydrogens is 332 g/mol. The minimum absolute atomic E-state index is 0.0966. The maximum atomic E-state index is 12.2. The van der Waals surface area contributed by atoms with Crippen molar-refractivity contribution in [3.8, 4) is 0 Å². The number of halogens is 1. The molecule has 8 heteroatoms. The number of aromatic amines is 1. The average Bonchev–Trinajstić information content (AvgIpc) is 2.70. The summed E-state index contributed by atoms with van der Waals surface area (Å²) in [4.78, 5) is 0.0966. The Bertz CT molecular complexity index is 701. The third-order valence-corrected chi connectivity index (χ3v) is 4.66. The molecule has 0 aliphatic heterocycles. The van der Waals surface area contributed by atoms with Crippen molar-refractivity contribution in [1.82, 2.24) is 10.2 Å². The molecule has 0 saturated heterocycles. The molecule has 0 unspecified atom stereocenters. The molecule has 6 nitrogen and oxygen atoms in total. The first-order chi connectivity index (χ1) is 8.81. The maximum absolute atomic E-state index is 12.2. The molecule has 1 aromatic heterocycles. The molecule has 0 saturated carbocycles. The lowest BCUT2D eigenvalue weighted by Gasteiger charge is -2.12. The fraction of sp³-hybridized carbons (Fsp3) is 0.182. The number of hydrogen-bond donors (Lipinski definition) is 3. The summed E-state index contributed by atoms with van der Waals surface area (Å²) >= 11 is 3.30. The highest BCUT2D eigenvalue weighted by atomic mass is 79.9. The third-order valence-electron chi connectivity index (χ3n) is 2.57. The van der Waals surface area contributed by atoms with Crippen molar-refractivity contribution in [1.29, 1.82) is 0 Å². The predicted octanol–water partition coefficient (Wildman–Crippen LogP) is 2.17. The number of hydrogen-bond acceptors (Lipinski definition) is 4. The summed E-state index contributed by atoms with van der Waals surface area (Å²) in [5.41, 5.74) is 7.93. The first-order valence-electron chi connectivity index (χ1n) is 5.39. The largest absolute Gasteiger partial charge is 0.397 e. The zero-order valence-corrected chi connectivity index (χ0v) is 12.8. The highest BCUT2D eigenvalue weighted by Crippen LogP contribution is 2.32. The first kappa shape index (κ1) is 13.9. The lowest BCUT2D eigenvalue weighted by molar-refractivity contribution is 0.600. The van der Waals surface area contributed by atoms with Gasteiger partial charge in [-0.25, -0.2) is 8.42 Å². The Morgan fingerprint density at radius 2 is 2.05 bits per heavy atom. The summed E-state index contributed by atoms with van der Waals surface area (Å²) < 4.78 is 27.5. The molecule has 19 heavy (non-hydrogen) atoms. The lowest BCUT2D eigenvalue weighted by atomic mass is 10.2. The van der Waals surface area contributed by atoms with Gasteiger partial charge in [0.25, 0.3) is 10.0 Å². The van der Waals surface area contributed by atoms with Crippen LogP contribution in [-0.2, 0) is 10.0 Å². The molecule has 2 aromatic rings. The Hall–Kier alpha value is -1.54. The van der Waals surface area contributed by atoms with Gasteiger partial charge < -0.3 is 5.73 Å². The molecular formula is C11H13BrN4O2S. The van der Waals surface area contributed by atoms with E-state index in [4.69, 9.17) is 5.73 Å². The molecule has 4 N–H and O–H groups in total. The smallest absolute Gasteiger partial charge is 0.265 e. The molecule has 102 valence electrons. The predicted molar refractivity (Wildman–Crippen MR) is 77.4 cm³/mol. The maximum Gasteiger partial charge on any atom is 0.265 e. The highest BCUT2D eigenvalue weighted by molar-refractivity contribution is 9.10. The van der Waals surface area contributed by atoms with Crippen molar-refractivity contribution in [2.24, 2.45) is 0 Å². The molecule has 0 aliphatic carbocycles. The van der Waals surface area contributed by atoms with E-state index in [1.54, 1.807) is 19.1 Å². The van der Waals surface area contributed by atoms with Crippen LogP contribution in [0.5, 0.6) is 0 Å². The second kappa shape index (κ2) is 4.86. The normalized spacial score (nSPS) is 11.5. The van der Waals surface area contributed by atoms with Gasteiger partial charge >= 0.3 is 0 Å². The van der Waals surface area contributed by atoms with Crippen molar-refractivity contribution in [2.45, 2.75) is 18.7 Å². The van der Waals surface area contributed by atoms with E-state index in [-0.39, 0.29) is 4.90 Å². The number of benzene rings is 1. The topological polar surface area (TPSA) is 101 Å². The van der Waals surface area contributed by atoms with Crippen molar-refractivity contribution in [3.63, 3.8) is 0 Å². The van der Waals surface area contributed by atoms with Crippen LogP contribution in [0.2, 0.25) is 0 Å². The Labute approximate surface area is 119 Å². The van der Waals surface area contributed by atoms with Crippen molar-refractivity contribution in [3.05, 3.63) is 34.1 Å². The molecule has 0 spiro atoms. The molecule has 0 bridgehead atoms. The van der Waals surface area contributed by atoms with Gasteiger partial charge in [-0.05, 0) is 47.5 Å². The quantitative estimate of drug-likeness (QED) is 0.742. The number of sulfonamides is 1. The van der Waals surface area contributed by atoms with Crippen LogP contribution < -0.4 is 10.5 Å². The van der Waals surface area contributed by atoms with E-state index in [1.807, 2.05) is 6.92 Å². The number of rotatable bonds is 3. The van der Waals surface area contributed by atoms with Gasteiger partial charge in [0.15, 0.2) is 0 Å². The third kappa shape index (κ3) is 2.74. The molecule has 0 aliphatic rings. The van der Waals surface area contributed by atoms with E-state index in [0.29, 0.717) is 21.5 Å². The number of aryl methyl sites for hydroxylation is 2. The number of anilines is 2. The van der Waals surface area contributed by atoms with Gasteiger partial charge in [-0.2, -0.15) is 5.10 Å². The van der Waals surface area contributed by atoms with Crippen LogP contribution >= 0.6 is 15.9 Å². The fourth-order valence-corrected chi connectivity index (χ4v) is 3.74. The molecule has 1 aromatic carbocycles. The van der Waals surface area contributed by atoms with E-state index >= 15 is 0 Å². The summed E-state index contributed by atoms with van der Waals surface area (Å²) in [5, 5.41) is 6.29. The Morgan fingerprint density at radius 1 is 1.37 bits per heavy atom. The number of nitrogens with two attached hydrogens (primary N) is 1. The first-order valence-corrected chi connectivity index (χ1v) is 7.67. The van der Waals surface area contributed by atoms with Gasteiger partial charge in [0.1, 0.15) is 4.90 Å². The number of nitrogens with zero attached hydrogens (tertiary/aromatic N) is 1. The summed E-state index contributed by atoms with van der Waals surface area (Å²) in [6, 6.07) is 3.49. The minimum atomic E-state index is -3.71. The number of nitrogens with one attached hydrogen (secondary N) is 2. The van der Waals surface area contributed by atoms with Gasteiger partial charge in [0.2, 0.25) is 0 Å². The second-order valence-electron chi connectivity index (χ2n) is 4.18. The number of H-pyrrole nitrogens is 1. The standard InChI is InChI=1S/C11H13BrN4O2S/c1-6-3-8(12)11(9(13)4-6)16-19(17,18)10-5-14-15-7(10)2/h3-5,16H,13H2,1-2H3,(H,14,15). The van der Waals surface area contributed by atoms with Crippen LogP contribution in [-0.4, -0.2) is 18.6 Å². The van der Waals surface area contributed by atoms with Gasteiger partial charge in [0.05, 0.1) is 23.3 Å². The van der Waals surface area contributed by atoms with Gasteiger partial charge in [-0.3, -0.25) is 9.82 Å². The van der Waals surface area contributed by atoms with E-state index in [9.17, 15) is 8.42 Å². The molecule has 0 fully saturated rings. The van der Waals surface area contributed by atoms with Crippen LogP contribution in [0.15, 0.2) is 27.7 Å². The second-order valence-corrected chi connectivity index (χ2v) is 6.68. The zero-order valence-electron chi connectivity index (χ0n) is 10.4. The number of nitrogen functional groups attached to an aromatic ring is 1. The molecule has 0 amide bonds. The van der Waals surface area contributed by atoms with Gasteiger partial charge in [-0.15, -0.1) is 0 Å². The monoisotopic (exact) mass is 344 g/mol. The Morgan fingerprint density at radius 3 is 2.58 bits per heavy atom. The summed E-state index contributed by atoms with van der Waals surface area (Å²) in [5.74, 6) is 0.